The molecule has 0 saturated carbocycles. The Kier molecular flexibility index (Phi) is 5.46. The van der Waals surface area contributed by atoms with Crippen LogP contribution in [0.1, 0.15) is 10.4 Å². The molecule has 4 nitrogen and oxygen atoms in total. The minimum atomic E-state index is -0.614. The Bertz CT molecular complexity index is 1240. The average molecular weight is 522 g/mol. The van der Waals surface area contributed by atoms with E-state index < -0.39 is 17.6 Å². The molecule has 3 aromatic carbocycles. The van der Waals surface area contributed by atoms with Crippen LogP contribution in [-0.4, -0.2) is 18.1 Å². The van der Waals surface area contributed by atoms with Crippen molar-refractivity contribution < 1.29 is 18.3 Å². The number of nitrogens with zero attached hydrogens (tertiary/aromatic N) is 1. The Morgan fingerprint density at radius 2 is 1.93 bits per heavy atom. The molecule has 4 rings (SSSR count). The number of halogens is 3. The Morgan fingerprint density at radius 1 is 1.14 bits per heavy atom. The van der Waals surface area contributed by atoms with Gasteiger partial charge >= 0.3 is 5.97 Å². The van der Waals surface area contributed by atoms with Crippen LogP contribution in [0.4, 0.5) is 20.2 Å². The van der Waals surface area contributed by atoms with Crippen LogP contribution in [0.15, 0.2) is 54.0 Å². The standard InChI is InChI=1S/C21H13F2IN2O2S/c1-28-21(27)13-5-3-2-4-12(13)14-9-17-20(25-10-29-17)18(23)19(14)26-16-7-6-11(24)8-15(16)22/h2-10,26H,1H3. The molecule has 0 amide bonds. The molecule has 0 atom stereocenters. The number of anilines is 2. The smallest absolute Gasteiger partial charge is 0.338 e. The highest BCUT2D eigenvalue weighted by Crippen LogP contribution is 2.40. The maximum Gasteiger partial charge on any atom is 0.338 e. The Labute approximate surface area is 182 Å². The lowest BCUT2D eigenvalue weighted by Crippen LogP contribution is -2.05. The number of rotatable bonds is 4. The van der Waals surface area contributed by atoms with Gasteiger partial charge < -0.3 is 10.1 Å². The Morgan fingerprint density at radius 3 is 2.69 bits per heavy atom. The molecule has 1 heterocycles. The van der Waals surface area contributed by atoms with Gasteiger partial charge in [0.1, 0.15) is 11.3 Å². The summed E-state index contributed by atoms with van der Waals surface area (Å²) in [5.74, 6) is -1.67. The summed E-state index contributed by atoms with van der Waals surface area (Å²) in [6, 6.07) is 13.1. The molecule has 0 spiro atoms. The van der Waals surface area contributed by atoms with Gasteiger partial charge in [0.05, 0.1) is 34.3 Å². The van der Waals surface area contributed by atoms with Gasteiger partial charge in [-0.25, -0.2) is 18.6 Å². The molecule has 0 unspecified atom stereocenters. The summed E-state index contributed by atoms with van der Waals surface area (Å²) in [6.45, 7) is 0. The number of nitrogens with one attached hydrogen (secondary N) is 1. The van der Waals surface area contributed by atoms with Crippen molar-refractivity contribution in [3.63, 3.8) is 0 Å². The number of fused-ring (bicyclic) bond motifs is 1. The molecular weight excluding hydrogens is 509 g/mol. The van der Waals surface area contributed by atoms with Gasteiger partial charge in [-0.3, -0.25) is 0 Å². The van der Waals surface area contributed by atoms with Gasteiger partial charge in [-0.2, -0.15) is 0 Å². The van der Waals surface area contributed by atoms with Crippen LogP contribution < -0.4 is 5.32 Å². The summed E-state index contributed by atoms with van der Waals surface area (Å²) in [7, 11) is 1.28. The van der Waals surface area contributed by atoms with Crippen LogP contribution in [0.5, 0.6) is 0 Å². The number of aromatic nitrogens is 1. The van der Waals surface area contributed by atoms with Crippen molar-refractivity contribution in [1.29, 1.82) is 0 Å². The first-order valence-corrected chi connectivity index (χ1v) is 10.4. The molecule has 1 N–H and O–H groups in total. The van der Waals surface area contributed by atoms with Gasteiger partial charge in [-0.05, 0) is 58.5 Å². The maximum atomic E-state index is 15.4. The molecule has 146 valence electrons. The highest BCUT2D eigenvalue weighted by Gasteiger charge is 2.22. The van der Waals surface area contributed by atoms with Crippen molar-refractivity contribution >= 4 is 61.5 Å². The highest BCUT2D eigenvalue weighted by atomic mass is 127. The second-order valence-electron chi connectivity index (χ2n) is 6.10. The van der Waals surface area contributed by atoms with Gasteiger partial charge in [-0.1, -0.05) is 18.2 Å². The topological polar surface area (TPSA) is 51.2 Å². The lowest BCUT2D eigenvalue weighted by Gasteiger charge is -2.16. The summed E-state index contributed by atoms with van der Waals surface area (Å²) in [5.41, 5.74) is 3.06. The van der Waals surface area contributed by atoms with Gasteiger partial charge in [-0.15, -0.1) is 11.3 Å². The van der Waals surface area contributed by atoms with E-state index in [1.54, 1.807) is 41.9 Å². The predicted molar refractivity (Wildman–Crippen MR) is 119 cm³/mol. The minimum absolute atomic E-state index is 0.0415. The van der Waals surface area contributed by atoms with E-state index in [1.165, 1.54) is 30.6 Å². The monoisotopic (exact) mass is 522 g/mol. The quantitative estimate of drug-likeness (QED) is 0.250. The minimum Gasteiger partial charge on any atom is -0.465 e. The van der Waals surface area contributed by atoms with Gasteiger partial charge in [0.25, 0.3) is 0 Å². The SMILES string of the molecule is COC(=O)c1ccccc1-c1cc2scnc2c(F)c1Nc1ccc(I)cc1F. The molecule has 0 aliphatic carbocycles. The van der Waals surface area contributed by atoms with Crippen LogP contribution in [0.2, 0.25) is 0 Å². The number of esters is 1. The Balaban J connectivity index is 1.97. The third kappa shape index (κ3) is 3.69. The molecule has 0 saturated heterocycles. The van der Waals surface area contributed by atoms with Gasteiger partial charge in [0.2, 0.25) is 0 Å². The molecular formula is C21H13F2IN2O2S. The number of carbonyl (C=O) groups excluding carboxylic acids is 1. The molecule has 0 aliphatic heterocycles. The van der Waals surface area contributed by atoms with E-state index in [0.29, 0.717) is 15.8 Å². The maximum absolute atomic E-state index is 15.4. The number of carbonyl (C=O) groups is 1. The third-order valence-electron chi connectivity index (χ3n) is 4.38. The second-order valence-corrected chi connectivity index (χ2v) is 8.23. The average Bonchev–Trinajstić information content (AvgIpc) is 3.20. The summed E-state index contributed by atoms with van der Waals surface area (Å²) in [5, 5.41) is 2.86. The van der Waals surface area contributed by atoms with E-state index in [0.717, 1.165) is 3.57 Å². The van der Waals surface area contributed by atoms with Gasteiger partial charge in [0.15, 0.2) is 5.82 Å². The zero-order valence-electron chi connectivity index (χ0n) is 15.0. The molecule has 0 fully saturated rings. The van der Waals surface area contributed by atoms with Crippen LogP contribution >= 0.6 is 33.9 Å². The molecule has 0 radical (unpaired) electrons. The summed E-state index contributed by atoms with van der Waals surface area (Å²) >= 11 is 3.28. The summed E-state index contributed by atoms with van der Waals surface area (Å²) in [6.07, 6.45) is 0. The van der Waals surface area contributed by atoms with Crippen LogP contribution in [0.3, 0.4) is 0 Å². The summed E-state index contributed by atoms with van der Waals surface area (Å²) in [4.78, 5) is 16.3. The first-order valence-electron chi connectivity index (χ1n) is 8.45. The lowest BCUT2D eigenvalue weighted by molar-refractivity contribution is 0.0601. The fourth-order valence-electron chi connectivity index (χ4n) is 3.03. The van der Waals surface area contributed by atoms with Crippen LogP contribution in [0, 0.1) is 15.2 Å². The van der Waals surface area contributed by atoms with Crippen molar-refractivity contribution in [1.82, 2.24) is 4.98 Å². The van der Waals surface area contributed by atoms with Crippen molar-refractivity contribution in [2.45, 2.75) is 0 Å². The molecule has 4 aromatic rings. The predicted octanol–water partition coefficient (Wildman–Crippen LogP) is 6.38. The second kappa shape index (κ2) is 8.03. The van der Waals surface area contributed by atoms with E-state index in [1.807, 2.05) is 22.6 Å². The van der Waals surface area contributed by atoms with E-state index >= 15 is 4.39 Å². The lowest BCUT2D eigenvalue weighted by atomic mass is 9.97. The van der Waals surface area contributed by atoms with Crippen molar-refractivity contribution in [2.75, 3.05) is 12.4 Å². The zero-order valence-corrected chi connectivity index (χ0v) is 18.0. The number of thiazole rings is 1. The van der Waals surface area contributed by atoms with E-state index in [4.69, 9.17) is 4.74 Å². The van der Waals surface area contributed by atoms with E-state index in [-0.39, 0.29) is 22.5 Å². The molecule has 0 aliphatic rings. The highest BCUT2D eigenvalue weighted by molar-refractivity contribution is 14.1. The molecule has 1 aromatic heterocycles. The normalized spacial score (nSPS) is 10.9. The fraction of sp³-hybridized carbons (Fsp3) is 0.0476. The van der Waals surface area contributed by atoms with Crippen LogP contribution in [-0.2, 0) is 4.74 Å². The number of benzene rings is 3. The number of ether oxygens (including phenoxy) is 1. The van der Waals surface area contributed by atoms with Gasteiger partial charge in [0, 0.05) is 9.13 Å². The van der Waals surface area contributed by atoms with Crippen molar-refractivity contribution in [3.8, 4) is 11.1 Å². The molecule has 29 heavy (non-hydrogen) atoms. The zero-order chi connectivity index (χ0) is 20.5. The molecule has 0 bridgehead atoms. The number of methoxy groups -OCH3 is 1. The van der Waals surface area contributed by atoms with Crippen molar-refractivity contribution in [3.05, 3.63) is 74.8 Å². The fourth-order valence-corrected chi connectivity index (χ4v) is 4.19. The van der Waals surface area contributed by atoms with E-state index in [9.17, 15) is 9.18 Å². The largest absolute Gasteiger partial charge is 0.465 e. The first-order chi connectivity index (χ1) is 14.0. The first kappa shape index (κ1) is 19.7. The summed E-state index contributed by atoms with van der Waals surface area (Å²) < 4.78 is 36.0. The number of hydrogen-bond donors (Lipinski definition) is 1. The Hall–Kier alpha value is -2.59. The molecule has 8 heteroatoms. The third-order valence-corrected chi connectivity index (χ3v) is 5.83. The van der Waals surface area contributed by atoms with E-state index in [2.05, 4.69) is 10.3 Å². The van der Waals surface area contributed by atoms with Crippen molar-refractivity contribution in [2.24, 2.45) is 0 Å². The van der Waals surface area contributed by atoms with Crippen LogP contribution in [0.25, 0.3) is 21.3 Å². The number of hydrogen-bond acceptors (Lipinski definition) is 5.